The predicted molar refractivity (Wildman–Crippen MR) is 93.0 cm³/mol. The van der Waals surface area contributed by atoms with Crippen LogP contribution in [0.4, 0.5) is 21.5 Å². The van der Waals surface area contributed by atoms with Crippen molar-refractivity contribution in [2.24, 2.45) is 0 Å². The maximum atomic E-state index is 13.9. The van der Waals surface area contributed by atoms with E-state index in [0.717, 1.165) is 11.3 Å². The normalized spacial score (nSPS) is 14.5. The van der Waals surface area contributed by atoms with Crippen molar-refractivity contribution in [2.45, 2.75) is 6.92 Å². The third-order valence-electron chi connectivity index (χ3n) is 4.06. The van der Waals surface area contributed by atoms with Crippen molar-refractivity contribution in [2.75, 3.05) is 42.3 Å². The maximum Gasteiger partial charge on any atom is 0.255 e. The minimum Gasteiger partial charge on any atom is -0.398 e. The van der Waals surface area contributed by atoms with Crippen molar-refractivity contribution < 1.29 is 13.9 Å². The Morgan fingerprint density at radius 3 is 2.67 bits per heavy atom. The molecule has 0 unspecified atom stereocenters. The third kappa shape index (κ3) is 3.65. The van der Waals surface area contributed by atoms with Gasteiger partial charge in [-0.15, -0.1) is 0 Å². The topological polar surface area (TPSA) is 67.6 Å². The quantitative estimate of drug-likeness (QED) is 0.850. The van der Waals surface area contributed by atoms with Gasteiger partial charge in [0, 0.05) is 35.7 Å². The van der Waals surface area contributed by atoms with E-state index in [2.05, 4.69) is 5.32 Å². The van der Waals surface area contributed by atoms with Crippen LogP contribution in [0.1, 0.15) is 15.9 Å². The number of amides is 1. The highest BCUT2D eigenvalue weighted by atomic mass is 19.1. The van der Waals surface area contributed by atoms with Gasteiger partial charge in [0.15, 0.2) is 0 Å². The molecule has 2 aromatic carbocycles. The van der Waals surface area contributed by atoms with Gasteiger partial charge in [-0.05, 0) is 42.8 Å². The Labute approximate surface area is 140 Å². The number of morpholine rings is 1. The smallest absolute Gasteiger partial charge is 0.255 e. The molecule has 126 valence electrons. The van der Waals surface area contributed by atoms with Gasteiger partial charge in [-0.2, -0.15) is 0 Å². The lowest BCUT2D eigenvalue weighted by Gasteiger charge is -2.29. The summed E-state index contributed by atoms with van der Waals surface area (Å²) in [4.78, 5) is 14.4. The number of rotatable bonds is 3. The van der Waals surface area contributed by atoms with Crippen molar-refractivity contribution in [1.29, 1.82) is 0 Å². The highest BCUT2D eigenvalue weighted by molar-refractivity contribution is 6.05. The standard InChI is InChI=1S/C18H20FN3O2/c1-12-2-3-13(8-17(12)20)18(23)21-15-9-14(19)10-16(11-15)22-4-6-24-7-5-22/h2-3,8-11H,4-7,20H2,1H3,(H,21,23). The fourth-order valence-electron chi connectivity index (χ4n) is 2.64. The minimum absolute atomic E-state index is 0.319. The first-order chi connectivity index (χ1) is 11.5. The number of aryl methyl sites for hydroxylation is 1. The van der Waals surface area contributed by atoms with Crippen LogP contribution in [0, 0.1) is 12.7 Å². The van der Waals surface area contributed by atoms with Crippen LogP contribution in [0.2, 0.25) is 0 Å². The monoisotopic (exact) mass is 329 g/mol. The second kappa shape index (κ2) is 6.88. The van der Waals surface area contributed by atoms with E-state index in [1.807, 2.05) is 11.8 Å². The fraction of sp³-hybridized carbons (Fsp3) is 0.278. The van der Waals surface area contributed by atoms with E-state index in [4.69, 9.17) is 10.5 Å². The summed E-state index contributed by atoms with van der Waals surface area (Å²) in [6.45, 7) is 4.50. The Bertz CT molecular complexity index is 758. The molecule has 3 N–H and O–H groups in total. The van der Waals surface area contributed by atoms with Gasteiger partial charge >= 0.3 is 0 Å². The first kappa shape index (κ1) is 16.3. The molecule has 1 amide bonds. The van der Waals surface area contributed by atoms with Crippen LogP contribution in [0.25, 0.3) is 0 Å². The molecular weight excluding hydrogens is 309 g/mol. The third-order valence-corrected chi connectivity index (χ3v) is 4.06. The minimum atomic E-state index is -0.391. The largest absolute Gasteiger partial charge is 0.398 e. The second-order valence-corrected chi connectivity index (χ2v) is 5.82. The first-order valence-corrected chi connectivity index (χ1v) is 7.84. The van der Waals surface area contributed by atoms with Crippen LogP contribution in [0.15, 0.2) is 36.4 Å². The van der Waals surface area contributed by atoms with Gasteiger partial charge in [-0.25, -0.2) is 4.39 Å². The van der Waals surface area contributed by atoms with Gasteiger partial charge < -0.3 is 20.7 Å². The van der Waals surface area contributed by atoms with Crippen LogP contribution in [0.5, 0.6) is 0 Å². The van der Waals surface area contributed by atoms with E-state index in [0.29, 0.717) is 43.2 Å². The van der Waals surface area contributed by atoms with Crippen LogP contribution < -0.4 is 16.0 Å². The molecule has 1 aliphatic heterocycles. The molecule has 1 saturated heterocycles. The van der Waals surface area contributed by atoms with Crippen molar-refractivity contribution in [3.05, 3.63) is 53.3 Å². The van der Waals surface area contributed by atoms with Crippen molar-refractivity contribution in [3.8, 4) is 0 Å². The van der Waals surface area contributed by atoms with Crippen molar-refractivity contribution in [1.82, 2.24) is 0 Å². The maximum absolute atomic E-state index is 13.9. The van der Waals surface area contributed by atoms with E-state index < -0.39 is 5.82 Å². The summed E-state index contributed by atoms with van der Waals surface area (Å²) < 4.78 is 19.2. The molecule has 5 nitrogen and oxygen atoms in total. The Morgan fingerprint density at radius 2 is 1.96 bits per heavy atom. The zero-order valence-corrected chi connectivity index (χ0v) is 13.5. The number of carbonyl (C=O) groups excluding carboxylic acids is 1. The molecule has 0 spiro atoms. The zero-order chi connectivity index (χ0) is 17.1. The zero-order valence-electron chi connectivity index (χ0n) is 13.5. The summed E-state index contributed by atoms with van der Waals surface area (Å²) in [6, 6.07) is 9.64. The van der Waals surface area contributed by atoms with E-state index in [9.17, 15) is 9.18 Å². The lowest BCUT2D eigenvalue weighted by molar-refractivity contribution is 0.102. The average Bonchev–Trinajstić information content (AvgIpc) is 2.57. The summed E-state index contributed by atoms with van der Waals surface area (Å²) in [5.41, 5.74) is 8.89. The number of hydrogen-bond acceptors (Lipinski definition) is 4. The number of anilines is 3. The lowest BCUT2D eigenvalue weighted by Crippen LogP contribution is -2.36. The summed E-state index contributed by atoms with van der Waals surface area (Å²) in [7, 11) is 0. The molecule has 0 bridgehead atoms. The van der Waals surface area contributed by atoms with E-state index in [-0.39, 0.29) is 5.91 Å². The number of benzene rings is 2. The molecule has 24 heavy (non-hydrogen) atoms. The van der Waals surface area contributed by atoms with Gasteiger partial charge in [0.05, 0.1) is 13.2 Å². The van der Waals surface area contributed by atoms with Gasteiger partial charge in [-0.1, -0.05) is 6.07 Å². The second-order valence-electron chi connectivity index (χ2n) is 5.82. The number of nitrogen functional groups attached to an aromatic ring is 1. The van der Waals surface area contributed by atoms with Gasteiger partial charge in [0.25, 0.3) is 5.91 Å². The summed E-state index contributed by atoms with van der Waals surface area (Å²) in [6.07, 6.45) is 0. The number of hydrogen-bond donors (Lipinski definition) is 2. The number of halogens is 1. The van der Waals surface area contributed by atoms with Gasteiger partial charge in [0.2, 0.25) is 0 Å². The molecule has 0 radical (unpaired) electrons. The molecule has 2 aromatic rings. The molecule has 0 atom stereocenters. The van der Waals surface area contributed by atoms with Crippen molar-refractivity contribution >= 4 is 23.0 Å². The highest BCUT2D eigenvalue weighted by Crippen LogP contribution is 2.23. The van der Waals surface area contributed by atoms with Gasteiger partial charge in [-0.3, -0.25) is 4.79 Å². The number of nitrogens with two attached hydrogens (primary N) is 1. The van der Waals surface area contributed by atoms with Crippen LogP contribution in [-0.4, -0.2) is 32.2 Å². The average molecular weight is 329 g/mol. The van der Waals surface area contributed by atoms with Crippen LogP contribution >= 0.6 is 0 Å². The molecule has 0 aromatic heterocycles. The number of nitrogens with zero attached hydrogens (tertiary/aromatic N) is 1. The summed E-state index contributed by atoms with van der Waals surface area (Å²) >= 11 is 0. The molecule has 1 aliphatic rings. The Hall–Kier alpha value is -2.60. The fourth-order valence-corrected chi connectivity index (χ4v) is 2.64. The molecule has 0 aliphatic carbocycles. The number of nitrogens with one attached hydrogen (secondary N) is 1. The Morgan fingerprint density at radius 1 is 1.21 bits per heavy atom. The van der Waals surface area contributed by atoms with Crippen LogP contribution in [-0.2, 0) is 4.74 Å². The number of ether oxygens (including phenoxy) is 1. The molecule has 1 fully saturated rings. The molecule has 3 rings (SSSR count). The lowest BCUT2D eigenvalue weighted by atomic mass is 10.1. The highest BCUT2D eigenvalue weighted by Gasteiger charge is 2.14. The molecule has 0 saturated carbocycles. The van der Waals surface area contributed by atoms with Gasteiger partial charge in [0.1, 0.15) is 5.82 Å². The Balaban J connectivity index is 1.80. The Kier molecular flexibility index (Phi) is 4.66. The van der Waals surface area contributed by atoms with Crippen molar-refractivity contribution in [3.63, 3.8) is 0 Å². The SMILES string of the molecule is Cc1ccc(C(=O)Nc2cc(F)cc(N3CCOCC3)c2)cc1N. The van der Waals surface area contributed by atoms with E-state index in [1.165, 1.54) is 12.1 Å². The molecule has 6 heteroatoms. The molecular formula is C18H20FN3O2. The summed E-state index contributed by atoms with van der Waals surface area (Å²) in [5, 5.41) is 2.73. The predicted octanol–water partition coefficient (Wildman–Crippen LogP) is 2.81. The van der Waals surface area contributed by atoms with Crippen LogP contribution in [0.3, 0.4) is 0 Å². The molecule has 1 heterocycles. The van der Waals surface area contributed by atoms with E-state index in [1.54, 1.807) is 24.3 Å². The summed E-state index contributed by atoms with van der Waals surface area (Å²) in [5.74, 6) is -0.710. The number of carbonyl (C=O) groups is 1. The first-order valence-electron chi connectivity index (χ1n) is 7.84. The van der Waals surface area contributed by atoms with E-state index >= 15 is 0 Å².